The van der Waals surface area contributed by atoms with Crippen molar-refractivity contribution in [2.45, 2.75) is 45.8 Å². The second-order valence-corrected chi connectivity index (χ2v) is 9.07. The van der Waals surface area contributed by atoms with Gasteiger partial charge in [-0.2, -0.15) is 9.97 Å². The molecule has 2 N–H and O–H groups in total. The van der Waals surface area contributed by atoms with E-state index in [0.29, 0.717) is 47.5 Å². The molecule has 37 heavy (non-hydrogen) atoms. The van der Waals surface area contributed by atoms with E-state index < -0.39 is 11.2 Å². The van der Waals surface area contributed by atoms with Crippen LogP contribution in [0.3, 0.4) is 0 Å². The first-order chi connectivity index (χ1) is 17.9. The highest BCUT2D eigenvalue weighted by atomic mass is 16.5. The summed E-state index contributed by atoms with van der Waals surface area (Å²) < 4.78 is 10.1. The van der Waals surface area contributed by atoms with Gasteiger partial charge in [0.25, 0.3) is 5.56 Å². The number of anilines is 1. The minimum absolute atomic E-state index is 0.0179. The van der Waals surface area contributed by atoms with Gasteiger partial charge >= 0.3 is 5.69 Å². The van der Waals surface area contributed by atoms with Gasteiger partial charge < -0.3 is 15.4 Å². The molecule has 5 rings (SSSR count). The van der Waals surface area contributed by atoms with Crippen LogP contribution >= 0.6 is 0 Å². The number of fused-ring (bicyclic) bond motifs is 2. The van der Waals surface area contributed by atoms with Crippen molar-refractivity contribution in [1.82, 2.24) is 28.7 Å². The largest absolute Gasteiger partial charge is 0.477 e. The molecule has 0 bridgehead atoms. The number of nitrogens with zero attached hydrogens (tertiary/aromatic N) is 7. The molecule has 0 radical (unpaired) electrons. The predicted octanol–water partition coefficient (Wildman–Crippen LogP) is 1.24. The Morgan fingerprint density at radius 2 is 1.97 bits per heavy atom. The third-order valence-electron chi connectivity index (χ3n) is 6.56. The first-order valence-corrected chi connectivity index (χ1v) is 12.4. The molecule has 1 saturated heterocycles. The van der Waals surface area contributed by atoms with Gasteiger partial charge in [-0.1, -0.05) is 18.1 Å². The van der Waals surface area contributed by atoms with Crippen molar-refractivity contribution in [2.75, 3.05) is 24.6 Å². The summed E-state index contributed by atoms with van der Waals surface area (Å²) in [6, 6.07) is 7.50. The summed E-state index contributed by atoms with van der Waals surface area (Å²) in [6.07, 6.45) is 1.86. The van der Waals surface area contributed by atoms with E-state index in [0.717, 1.165) is 29.3 Å². The van der Waals surface area contributed by atoms with Crippen LogP contribution in [0, 0.1) is 11.8 Å². The fraction of sp³-hybridized carbons (Fsp3) is 0.423. The van der Waals surface area contributed by atoms with Crippen molar-refractivity contribution in [3.05, 3.63) is 50.9 Å². The smallest absolute Gasteiger partial charge is 0.332 e. The zero-order valence-electron chi connectivity index (χ0n) is 21.3. The normalized spacial score (nSPS) is 15.7. The average molecular weight is 503 g/mol. The summed E-state index contributed by atoms with van der Waals surface area (Å²) in [5.41, 5.74) is 6.55. The molecule has 1 fully saturated rings. The summed E-state index contributed by atoms with van der Waals surface area (Å²) in [5.74, 6) is 7.26. The molecule has 1 aliphatic heterocycles. The van der Waals surface area contributed by atoms with E-state index in [1.807, 2.05) is 31.2 Å². The highest BCUT2D eigenvalue weighted by Gasteiger charge is 2.26. The van der Waals surface area contributed by atoms with E-state index in [1.165, 1.54) is 4.57 Å². The topological polar surface area (TPSA) is 126 Å². The number of nitrogens with two attached hydrogens (primary N) is 1. The highest BCUT2D eigenvalue weighted by molar-refractivity contribution is 5.83. The maximum Gasteiger partial charge on any atom is 0.332 e. The second kappa shape index (κ2) is 10.1. The molecule has 0 saturated carbocycles. The number of ether oxygens (including phenoxy) is 1. The molecular weight excluding hydrogens is 472 g/mol. The SMILES string of the molecule is CC#CCn1c(N2CCCC(N)C2)nc2c1c(=O)n(Cc1nc(OCC)c3ccccc3n1)c(=O)n2C. The lowest BCUT2D eigenvalue weighted by molar-refractivity contribution is 0.329. The molecule has 4 aromatic rings. The quantitative estimate of drug-likeness (QED) is 0.390. The monoisotopic (exact) mass is 502 g/mol. The van der Waals surface area contributed by atoms with Crippen LogP contribution in [0.15, 0.2) is 33.9 Å². The Labute approximate surface area is 213 Å². The number of aromatic nitrogens is 6. The number of hydrogen-bond acceptors (Lipinski definition) is 8. The molecular formula is C26H30N8O3. The molecule has 1 aromatic carbocycles. The van der Waals surface area contributed by atoms with Crippen LogP contribution in [0.5, 0.6) is 5.88 Å². The maximum atomic E-state index is 13.8. The number of piperidine rings is 1. The third kappa shape index (κ3) is 4.44. The molecule has 11 heteroatoms. The fourth-order valence-electron chi connectivity index (χ4n) is 4.79. The number of benzene rings is 1. The van der Waals surface area contributed by atoms with Crippen molar-refractivity contribution >= 4 is 28.0 Å². The van der Waals surface area contributed by atoms with Gasteiger partial charge in [0.2, 0.25) is 11.8 Å². The standard InChI is InChI=1S/C26H30N8O3/c1-4-6-14-33-21-22(30-25(33)32-13-9-10-17(27)15-32)31(3)26(36)34(24(21)35)16-20-28-19-12-8-7-11-18(19)23(29-20)37-5-2/h7-8,11-12,17H,5,9-10,13-16,27H2,1-3H3. The molecule has 0 aliphatic carbocycles. The van der Waals surface area contributed by atoms with E-state index in [1.54, 1.807) is 18.5 Å². The molecule has 1 atom stereocenters. The van der Waals surface area contributed by atoms with Crippen molar-refractivity contribution < 1.29 is 4.74 Å². The lowest BCUT2D eigenvalue weighted by Gasteiger charge is -2.31. The third-order valence-corrected chi connectivity index (χ3v) is 6.56. The number of para-hydroxylation sites is 1. The molecule has 11 nitrogen and oxygen atoms in total. The summed E-state index contributed by atoms with van der Waals surface area (Å²) in [4.78, 5) is 43.1. The summed E-state index contributed by atoms with van der Waals surface area (Å²) in [6.45, 7) is 5.59. The van der Waals surface area contributed by atoms with Gasteiger partial charge in [-0.05, 0) is 38.8 Å². The van der Waals surface area contributed by atoms with E-state index in [9.17, 15) is 9.59 Å². The lowest BCUT2D eigenvalue weighted by atomic mass is 10.1. The van der Waals surface area contributed by atoms with Gasteiger partial charge in [0.1, 0.15) is 0 Å². The minimum atomic E-state index is -0.500. The van der Waals surface area contributed by atoms with Crippen LogP contribution in [-0.2, 0) is 20.1 Å². The first kappa shape index (κ1) is 24.5. The molecule has 3 aromatic heterocycles. The van der Waals surface area contributed by atoms with Gasteiger partial charge in [0.15, 0.2) is 17.0 Å². The maximum absolute atomic E-state index is 13.8. The number of aryl methyl sites for hydroxylation is 1. The Balaban J connectivity index is 1.68. The Bertz CT molecular complexity index is 1660. The summed E-state index contributed by atoms with van der Waals surface area (Å²) >= 11 is 0. The van der Waals surface area contributed by atoms with Crippen LogP contribution in [0.2, 0.25) is 0 Å². The summed E-state index contributed by atoms with van der Waals surface area (Å²) in [5, 5.41) is 0.768. The Hall–Kier alpha value is -4.17. The van der Waals surface area contributed by atoms with Gasteiger partial charge in [-0.15, -0.1) is 5.92 Å². The van der Waals surface area contributed by atoms with E-state index in [-0.39, 0.29) is 19.1 Å². The zero-order valence-corrected chi connectivity index (χ0v) is 21.3. The van der Waals surface area contributed by atoms with Crippen molar-refractivity contribution in [3.8, 4) is 17.7 Å². The van der Waals surface area contributed by atoms with Crippen LogP contribution in [0.25, 0.3) is 22.1 Å². The molecule has 0 amide bonds. The van der Waals surface area contributed by atoms with Gasteiger partial charge in [0.05, 0.1) is 30.6 Å². The highest BCUT2D eigenvalue weighted by Crippen LogP contribution is 2.24. The molecule has 1 aliphatic rings. The van der Waals surface area contributed by atoms with E-state index in [2.05, 4.69) is 26.7 Å². The van der Waals surface area contributed by atoms with Crippen LogP contribution in [-0.4, -0.2) is 54.4 Å². The van der Waals surface area contributed by atoms with Crippen LogP contribution < -0.4 is 26.6 Å². The lowest BCUT2D eigenvalue weighted by Crippen LogP contribution is -2.44. The number of hydrogen-bond donors (Lipinski definition) is 1. The minimum Gasteiger partial charge on any atom is -0.477 e. The molecule has 4 heterocycles. The first-order valence-electron chi connectivity index (χ1n) is 12.4. The van der Waals surface area contributed by atoms with Crippen molar-refractivity contribution in [1.29, 1.82) is 0 Å². The Morgan fingerprint density at radius 3 is 2.73 bits per heavy atom. The number of rotatable bonds is 6. The number of imidazole rings is 1. The predicted molar refractivity (Wildman–Crippen MR) is 142 cm³/mol. The fourth-order valence-corrected chi connectivity index (χ4v) is 4.79. The van der Waals surface area contributed by atoms with Gasteiger partial charge in [-0.3, -0.25) is 18.5 Å². The van der Waals surface area contributed by atoms with Crippen molar-refractivity contribution in [2.24, 2.45) is 12.8 Å². The molecule has 192 valence electrons. The van der Waals surface area contributed by atoms with E-state index >= 15 is 0 Å². The van der Waals surface area contributed by atoms with Crippen LogP contribution in [0.4, 0.5) is 5.95 Å². The van der Waals surface area contributed by atoms with Gasteiger partial charge in [-0.25, -0.2) is 9.78 Å². The molecule has 1 unspecified atom stereocenters. The van der Waals surface area contributed by atoms with Crippen LogP contribution in [0.1, 0.15) is 32.5 Å². The Morgan fingerprint density at radius 1 is 1.16 bits per heavy atom. The molecule has 0 spiro atoms. The van der Waals surface area contributed by atoms with E-state index in [4.69, 9.17) is 15.5 Å². The Kier molecular flexibility index (Phi) is 6.67. The van der Waals surface area contributed by atoms with Gasteiger partial charge in [0, 0.05) is 26.2 Å². The zero-order chi connectivity index (χ0) is 26.1. The second-order valence-electron chi connectivity index (χ2n) is 9.07. The summed E-state index contributed by atoms with van der Waals surface area (Å²) in [7, 11) is 1.61. The van der Waals surface area contributed by atoms with Crippen molar-refractivity contribution in [3.63, 3.8) is 0 Å². The average Bonchev–Trinajstić information content (AvgIpc) is 3.28.